The van der Waals surface area contributed by atoms with Gasteiger partial charge in [0.2, 0.25) is 0 Å². The monoisotopic (exact) mass is 324 g/mol. The third-order valence-corrected chi connectivity index (χ3v) is 3.64. The standard InChI is InChI=1S/C20H24N2O2/c1-13-9-10-16(11-14(13)2)18(23)21-17-8-6-7-15(12-17)19(24)22-20(3,4)5/h6-12H,1-5H3,(H,21,23)(H,22,24). The van der Waals surface area contributed by atoms with Crippen molar-refractivity contribution in [2.75, 3.05) is 5.32 Å². The van der Waals surface area contributed by atoms with Crippen LogP contribution in [0.15, 0.2) is 42.5 Å². The molecule has 0 saturated carbocycles. The van der Waals surface area contributed by atoms with Gasteiger partial charge in [0, 0.05) is 22.4 Å². The minimum atomic E-state index is -0.310. The molecule has 0 spiro atoms. The molecule has 24 heavy (non-hydrogen) atoms. The molecule has 2 rings (SSSR count). The summed E-state index contributed by atoms with van der Waals surface area (Å²) in [6.45, 7) is 9.76. The van der Waals surface area contributed by atoms with Crippen LogP contribution in [0.2, 0.25) is 0 Å². The zero-order valence-electron chi connectivity index (χ0n) is 14.9. The molecule has 2 amide bonds. The maximum atomic E-state index is 12.4. The Morgan fingerprint density at radius 1 is 0.833 bits per heavy atom. The summed E-state index contributed by atoms with van der Waals surface area (Å²) in [5, 5.41) is 5.75. The highest BCUT2D eigenvalue weighted by Gasteiger charge is 2.16. The fourth-order valence-corrected chi connectivity index (χ4v) is 2.24. The average Bonchev–Trinajstić information content (AvgIpc) is 2.48. The first-order chi connectivity index (χ1) is 11.2. The molecular formula is C20H24N2O2. The van der Waals surface area contributed by atoms with Crippen LogP contribution in [0.1, 0.15) is 52.6 Å². The molecule has 0 unspecified atom stereocenters. The van der Waals surface area contributed by atoms with E-state index in [9.17, 15) is 9.59 Å². The van der Waals surface area contributed by atoms with Crippen molar-refractivity contribution >= 4 is 17.5 Å². The summed E-state index contributed by atoms with van der Waals surface area (Å²) in [6, 6.07) is 12.5. The number of carbonyl (C=O) groups excluding carboxylic acids is 2. The molecule has 2 aromatic carbocycles. The zero-order valence-corrected chi connectivity index (χ0v) is 14.9. The molecular weight excluding hydrogens is 300 g/mol. The second-order valence-electron chi connectivity index (χ2n) is 7.04. The number of amides is 2. The van der Waals surface area contributed by atoms with Gasteiger partial charge in [-0.15, -0.1) is 0 Å². The predicted molar refractivity (Wildman–Crippen MR) is 97.5 cm³/mol. The van der Waals surface area contributed by atoms with Crippen LogP contribution in [-0.4, -0.2) is 17.4 Å². The third kappa shape index (κ3) is 4.69. The lowest BCUT2D eigenvalue weighted by molar-refractivity contribution is 0.0918. The van der Waals surface area contributed by atoms with Crippen LogP contribution in [0.4, 0.5) is 5.69 Å². The van der Waals surface area contributed by atoms with E-state index in [1.807, 2.05) is 46.8 Å². The van der Waals surface area contributed by atoms with Crippen LogP contribution >= 0.6 is 0 Å². The molecule has 0 aromatic heterocycles. The predicted octanol–water partition coefficient (Wildman–Crippen LogP) is 4.08. The smallest absolute Gasteiger partial charge is 0.255 e. The largest absolute Gasteiger partial charge is 0.347 e. The number of hydrogen-bond donors (Lipinski definition) is 2. The van der Waals surface area contributed by atoms with Gasteiger partial charge in [-0.2, -0.15) is 0 Å². The number of hydrogen-bond acceptors (Lipinski definition) is 2. The minimum Gasteiger partial charge on any atom is -0.347 e. The first-order valence-electron chi connectivity index (χ1n) is 7.97. The zero-order chi connectivity index (χ0) is 17.9. The maximum absolute atomic E-state index is 12.4. The second-order valence-corrected chi connectivity index (χ2v) is 7.04. The van der Waals surface area contributed by atoms with Crippen molar-refractivity contribution < 1.29 is 9.59 Å². The molecule has 0 aliphatic carbocycles. The Bertz CT molecular complexity index is 773. The Morgan fingerprint density at radius 2 is 1.50 bits per heavy atom. The normalized spacial score (nSPS) is 11.0. The fourth-order valence-electron chi connectivity index (χ4n) is 2.24. The summed E-state index contributed by atoms with van der Waals surface area (Å²) < 4.78 is 0. The number of nitrogens with one attached hydrogen (secondary N) is 2. The molecule has 0 atom stereocenters. The molecule has 2 aromatic rings. The van der Waals surface area contributed by atoms with E-state index >= 15 is 0 Å². The second kappa shape index (κ2) is 6.87. The molecule has 0 bridgehead atoms. The van der Waals surface area contributed by atoms with Crippen molar-refractivity contribution in [1.29, 1.82) is 0 Å². The van der Waals surface area contributed by atoms with Crippen molar-refractivity contribution in [2.45, 2.75) is 40.2 Å². The van der Waals surface area contributed by atoms with E-state index in [0.717, 1.165) is 11.1 Å². The molecule has 0 aliphatic rings. The van der Waals surface area contributed by atoms with Crippen LogP contribution in [0.5, 0.6) is 0 Å². The summed E-state index contributed by atoms with van der Waals surface area (Å²) in [7, 11) is 0. The van der Waals surface area contributed by atoms with Crippen molar-refractivity contribution in [2.24, 2.45) is 0 Å². The minimum absolute atomic E-state index is 0.162. The molecule has 4 nitrogen and oxygen atoms in total. The molecule has 0 radical (unpaired) electrons. The van der Waals surface area contributed by atoms with Gasteiger partial charge in [-0.05, 0) is 76.1 Å². The van der Waals surface area contributed by atoms with E-state index in [2.05, 4.69) is 10.6 Å². The molecule has 2 N–H and O–H groups in total. The summed E-state index contributed by atoms with van der Waals surface area (Å²) >= 11 is 0. The molecule has 0 saturated heterocycles. The lowest BCUT2D eigenvalue weighted by atomic mass is 10.1. The molecule has 126 valence electrons. The quantitative estimate of drug-likeness (QED) is 0.893. The summed E-state index contributed by atoms with van der Waals surface area (Å²) in [4.78, 5) is 24.6. The number of benzene rings is 2. The van der Waals surface area contributed by atoms with E-state index < -0.39 is 0 Å². The fraction of sp³-hybridized carbons (Fsp3) is 0.300. The first-order valence-corrected chi connectivity index (χ1v) is 7.97. The van der Waals surface area contributed by atoms with Crippen molar-refractivity contribution in [1.82, 2.24) is 5.32 Å². The van der Waals surface area contributed by atoms with Gasteiger partial charge in [0.25, 0.3) is 11.8 Å². The number of anilines is 1. The maximum Gasteiger partial charge on any atom is 0.255 e. The Hall–Kier alpha value is -2.62. The third-order valence-electron chi connectivity index (χ3n) is 3.64. The molecule has 0 aliphatic heterocycles. The van der Waals surface area contributed by atoms with E-state index in [1.54, 1.807) is 30.3 Å². The van der Waals surface area contributed by atoms with Gasteiger partial charge in [-0.1, -0.05) is 12.1 Å². The van der Waals surface area contributed by atoms with Crippen LogP contribution < -0.4 is 10.6 Å². The van der Waals surface area contributed by atoms with Crippen molar-refractivity contribution in [3.05, 3.63) is 64.7 Å². The van der Waals surface area contributed by atoms with Crippen LogP contribution in [0, 0.1) is 13.8 Å². The highest BCUT2D eigenvalue weighted by Crippen LogP contribution is 2.15. The van der Waals surface area contributed by atoms with Crippen molar-refractivity contribution in [3.8, 4) is 0 Å². The Morgan fingerprint density at radius 3 is 2.12 bits per heavy atom. The lowest BCUT2D eigenvalue weighted by Gasteiger charge is -2.20. The number of carbonyl (C=O) groups is 2. The summed E-state index contributed by atoms with van der Waals surface area (Å²) in [6.07, 6.45) is 0. The lowest BCUT2D eigenvalue weighted by Crippen LogP contribution is -2.40. The van der Waals surface area contributed by atoms with Gasteiger partial charge in [-0.25, -0.2) is 0 Å². The molecule has 0 heterocycles. The van der Waals surface area contributed by atoms with Crippen molar-refractivity contribution in [3.63, 3.8) is 0 Å². The van der Waals surface area contributed by atoms with Gasteiger partial charge in [0.05, 0.1) is 0 Å². The van der Waals surface area contributed by atoms with Crippen LogP contribution in [-0.2, 0) is 0 Å². The van der Waals surface area contributed by atoms with Crippen LogP contribution in [0.25, 0.3) is 0 Å². The Balaban J connectivity index is 2.15. The summed E-state index contributed by atoms with van der Waals surface area (Å²) in [5.41, 5.74) is 3.62. The Kier molecular flexibility index (Phi) is 5.07. The number of rotatable bonds is 3. The SMILES string of the molecule is Cc1ccc(C(=O)Nc2cccc(C(=O)NC(C)(C)C)c2)cc1C. The average molecular weight is 324 g/mol. The summed E-state index contributed by atoms with van der Waals surface area (Å²) in [5.74, 6) is -0.351. The highest BCUT2D eigenvalue weighted by atomic mass is 16.2. The first kappa shape index (κ1) is 17.7. The van der Waals surface area contributed by atoms with Gasteiger partial charge >= 0.3 is 0 Å². The molecule has 4 heteroatoms. The van der Waals surface area contributed by atoms with E-state index in [4.69, 9.17) is 0 Å². The van der Waals surface area contributed by atoms with Gasteiger partial charge < -0.3 is 10.6 Å². The van der Waals surface area contributed by atoms with Gasteiger partial charge in [-0.3, -0.25) is 9.59 Å². The highest BCUT2D eigenvalue weighted by molar-refractivity contribution is 6.05. The van der Waals surface area contributed by atoms with E-state index in [-0.39, 0.29) is 17.4 Å². The molecule has 0 fully saturated rings. The van der Waals surface area contributed by atoms with Gasteiger partial charge in [0.1, 0.15) is 0 Å². The van der Waals surface area contributed by atoms with E-state index in [0.29, 0.717) is 16.8 Å². The van der Waals surface area contributed by atoms with E-state index in [1.165, 1.54) is 0 Å². The van der Waals surface area contributed by atoms with Gasteiger partial charge in [0.15, 0.2) is 0 Å². The Labute approximate surface area is 143 Å². The number of aryl methyl sites for hydroxylation is 2. The topological polar surface area (TPSA) is 58.2 Å². The van der Waals surface area contributed by atoms with Crippen LogP contribution in [0.3, 0.4) is 0 Å².